The number of thioether (sulfide) groups is 1. The molecule has 0 fully saturated rings. The van der Waals surface area contributed by atoms with Crippen LogP contribution in [-0.2, 0) is 83.1 Å². The van der Waals surface area contributed by atoms with Crippen molar-refractivity contribution >= 4 is 125 Å². The minimum Gasteiger partial charge on any atom is -0.508 e. The van der Waals surface area contributed by atoms with Gasteiger partial charge in [0.2, 0.25) is 82.7 Å². The molecule has 1 aromatic rings. The molecule has 40 heteroatoms. The lowest BCUT2D eigenvalue weighted by Gasteiger charge is -2.30. The average molecular weight is 1500 g/mol. The maximum atomic E-state index is 14.4. The molecule has 0 heterocycles. The smallest absolute Gasteiger partial charge is 0.326 e. The molecule has 0 radical (unpaired) electrons. The number of aliphatic hydroxyl groups is 1. The third-order valence-electron chi connectivity index (χ3n) is 16.0. The lowest BCUT2D eigenvalue weighted by atomic mass is 9.97. The summed E-state index contributed by atoms with van der Waals surface area (Å²) in [6.07, 6.45) is -4.90. The van der Waals surface area contributed by atoms with Gasteiger partial charge in [-0.1, -0.05) is 60.1 Å². The Bertz CT molecular complexity index is 3120. The van der Waals surface area contributed by atoms with E-state index in [1.54, 1.807) is 40.9 Å². The number of nitrogens with one attached hydrogen (secondary N) is 11. The molecular weight excluding hydrogens is 1390 g/mol. The second-order valence-corrected chi connectivity index (χ2v) is 26.5. The molecule has 0 saturated carbocycles. The standard InChI is InChI=1S/C63H104N18O20S2/c1-9-31(6)49(80-57(95)42(28-102)78-55(93)39(24-26-103-8)73-51(89)35(16-20-43(64)84)71-52(90)38(19-23-46(87)88)74-59(97)48(30(4)5)79-58(96)47(67)29(2)3)60(98)81-50(32(7)82)61(99)75-37(18-22-45(66)86)54(92)77-41(27-33-12-14-34(83)15-13-33)56(94)72-36(17-21-44(65)85)53(91)76-40(62(100)101)11-10-25-70-63(68)69/h12-15,29-32,35-42,47-50,82-83,102H,9-11,16-28,67H2,1-8H3,(H2,64,84)(H2,65,85)(H2,66,86)(H,71,90)(H,72,94)(H,73,89)(H,74,97)(H,75,99)(H,76,91)(H,77,92)(H,78,93)(H,79,96)(H,80,95)(H,81,98)(H,87,88)(H,100,101)(H4,68,69,70)/t31-,32+,35-,36-,37-,38-,39-,40-,41-,42-,47-,48-,49-,50-/m0/s1. The third kappa shape index (κ3) is 34.8. The Morgan fingerprint density at radius 1 is 0.466 bits per heavy atom. The molecule has 27 N–H and O–H groups in total. The van der Waals surface area contributed by atoms with Crippen LogP contribution < -0.4 is 92.9 Å². The molecule has 0 spiro atoms. The second kappa shape index (κ2) is 46.8. The fourth-order valence-electron chi connectivity index (χ4n) is 9.59. The maximum Gasteiger partial charge on any atom is 0.326 e. The first-order chi connectivity index (χ1) is 48.2. The number of nitrogens with zero attached hydrogens (tertiary/aromatic N) is 1. The van der Waals surface area contributed by atoms with Crippen LogP contribution in [0.3, 0.4) is 0 Å². The van der Waals surface area contributed by atoms with Crippen molar-refractivity contribution in [2.45, 2.75) is 211 Å². The summed E-state index contributed by atoms with van der Waals surface area (Å²) < 4.78 is 0. The Kier molecular flexibility index (Phi) is 41.6. The Balaban J connectivity index is 3.65. The van der Waals surface area contributed by atoms with E-state index in [-0.39, 0.29) is 55.6 Å². The van der Waals surface area contributed by atoms with Crippen molar-refractivity contribution in [1.29, 1.82) is 0 Å². The highest BCUT2D eigenvalue weighted by molar-refractivity contribution is 7.98. The third-order valence-corrected chi connectivity index (χ3v) is 17.0. The summed E-state index contributed by atoms with van der Waals surface area (Å²) in [5.74, 6) is -19.6. The van der Waals surface area contributed by atoms with Crippen molar-refractivity contribution in [3.05, 3.63) is 29.8 Å². The Hall–Kier alpha value is -9.57. The number of aromatic hydroxyl groups is 1. The van der Waals surface area contributed by atoms with Gasteiger partial charge in [0.1, 0.15) is 72.2 Å². The summed E-state index contributed by atoms with van der Waals surface area (Å²) in [6, 6.07) is -13.7. The van der Waals surface area contributed by atoms with Gasteiger partial charge in [0.05, 0.1) is 12.1 Å². The van der Waals surface area contributed by atoms with E-state index in [1.165, 1.54) is 43.0 Å². The molecule has 1 rings (SSSR count). The van der Waals surface area contributed by atoms with Gasteiger partial charge in [0.25, 0.3) is 0 Å². The number of hydrogen-bond acceptors (Lipinski definition) is 22. The maximum absolute atomic E-state index is 14.4. The van der Waals surface area contributed by atoms with Crippen LogP contribution in [0.15, 0.2) is 29.3 Å². The number of aliphatic imine (C=N–C) groups is 1. The number of primary amides is 3. The molecule has 38 nitrogen and oxygen atoms in total. The fourth-order valence-corrected chi connectivity index (χ4v) is 10.3. The monoisotopic (exact) mass is 1500 g/mol. The Labute approximate surface area is 605 Å². The van der Waals surface area contributed by atoms with E-state index < -0.39 is 249 Å². The molecule has 14 amide bonds. The predicted octanol–water partition coefficient (Wildman–Crippen LogP) is -6.18. The zero-order valence-electron chi connectivity index (χ0n) is 58.9. The van der Waals surface area contributed by atoms with Crippen LogP contribution in [0, 0.1) is 17.8 Å². The summed E-state index contributed by atoms with van der Waals surface area (Å²) in [5.41, 5.74) is 33.2. The van der Waals surface area contributed by atoms with E-state index in [4.69, 9.17) is 34.4 Å². The van der Waals surface area contributed by atoms with Crippen LogP contribution in [0.1, 0.15) is 131 Å². The van der Waals surface area contributed by atoms with E-state index in [0.29, 0.717) is 5.56 Å². The van der Waals surface area contributed by atoms with Crippen LogP contribution in [0.5, 0.6) is 5.75 Å². The van der Waals surface area contributed by atoms with Crippen LogP contribution in [0.4, 0.5) is 0 Å². The minimum absolute atomic E-state index is 0.00800. The average Bonchev–Trinajstić information content (AvgIpc) is 0.857. The molecule has 1 aromatic carbocycles. The summed E-state index contributed by atoms with van der Waals surface area (Å²) in [6.45, 7) is 10.8. The van der Waals surface area contributed by atoms with E-state index in [9.17, 15) is 97.1 Å². The SMILES string of the molecule is CC[C@H](C)[C@H](NC(=O)[C@H](CS)NC(=O)[C@H](CCSC)NC(=O)[C@H](CCC(N)=O)NC(=O)[C@H](CCC(=O)O)NC(=O)[C@@H](NC(=O)[C@@H](N)C(C)C)C(C)C)C(=O)N[C@H](C(=O)N[C@@H](CCC(N)=O)C(=O)N[C@@H](Cc1ccc(O)cc1)C(=O)N[C@@H](CCC(N)=O)C(=O)N[C@@H](CCCN=C(N)N)C(=O)O)[C@@H](C)O. The van der Waals surface area contributed by atoms with Gasteiger partial charge in [-0.05, 0) is 99.3 Å². The highest BCUT2D eigenvalue weighted by Gasteiger charge is 2.39. The molecule has 0 aliphatic heterocycles. The zero-order chi connectivity index (χ0) is 78.5. The molecule has 0 bridgehead atoms. The number of guanidine groups is 1. The molecule has 0 saturated heterocycles. The number of carboxylic acid groups (broad SMARTS) is 2. The number of carbonyl (C=O) groups excluding carboxylic acids is 14. The van der Waals surface area contributed by atoms with Crippen molar-refractivity contribution < 1.29 is 97.1 Å². The van der Waals surface area contributed by atoms with Gasteiger partial charge in [0, 0.05) is 44.4 Å². The molecule has 0 aromatic heterocycles. The highest BCUT2D eigenvalue weighted by atomic mass is 32.2. The van der Waals surface area contributed by atoms with Gasteiger partial charge < -0.3 is 113 Å². The summed E-state index contributed by atoms with van der Waals surface area (Å²) in [5, 5.41) is 67.2. The molecule has 103 heavy (non-hydrogen) atoms. The first-order valence-electron chi connectivity index (χ1n) is 33.2. The van der Waals surface area contributed by atoms with Crippen molar-refractivity contribution in [3.8, 4) is 5.75 Å². The number of aliphatic carboxylic acids is 2. The van der Waals surface area contributed by atoms with Gasteiger partial charge in [-0.2, -0.15) is 24.4 Å². The number of aliphatic hydroxyl groups excluding tert-OH is 1. The van der Waals surface area contributed by atoms with Crippen molar-refractivity contribution in [2.75, 3.05) is 24.3 Å². The molecule has 0 aliphatic carbocycles. The number of hydrogen-bond donors (Lipinski definition) is 22. The lowest BCUT2D eigenvalue weighted by molar-refractivity contribution is -0.142. The lowest BCUT2D eigenvalue weighted by Crippen LogP contribution is -2.63. The fraction of sp³-hybridized carbons (Fsp3) is 0.635. The molecular formula is C63H104N18O20S2. The van der Waals surface area contributed by atoms with E-state index >= 15 is 0 Å². The van der Waals surface area contributed by atoms with Gasteiger partial charge >= 0.3 is 11.9 Å². The van der Waals surface area contributed by atoms with Crippen LogP contribution in [0.2, 0.25) is 0 Å². The van der Waals surface area contributed by atoms with Gasteiger partial charge in [0.15, 0.2) is 5.96 Å². The minimum atomic E-state index is -1.96. The normalized spacial score (nSPS) is 15.2. The quantitative estimate of drug-likeness (QED) is 0.0125. The topological polar surface area (TPSA) is 655 Å². The van der Waals surface area contributed by atoms with E-state index in [2.05, 4.69) is 76.1 Å². The first kappa shape index (κ1) is 91.4. The van der Waals surface area contributed by atoms with Gasteiger partial charge in [-0.25, -0.2) is 4.79 Å². The molecule has 578 valence electrons. The van der Waals surface area contributed by atoms with Crippen LogP contribution in [-0.4, -0.2) is 224 Å². The Morgan fingerprint density at radius 2 is 0.835 bits per heavy atom. The van der Waals surface area contributed by atoms with Crippen molar-refractivity contribution in [2.24, 2.45) is 57.1 Å². The van der Waals surface area contributed by atoms with Crippen molar-refractivity contribution in [1.82, 2.24) is 58.5 Å². The number of carbonyl (C=O) groups is 16. The number of phenols is 1. The number of nitrogens with two attached hydrogens (primary N) is 6. The van der Waals surface area contributed by atoms with Gasteiger partial charge in [-0.3, -0.25) is 76.9 Å². The summed E-state index contributed by atoms with van der Waals surface area (Å²) in [4.78, 5) is 218. The molecule has 0 aliphatic rings. The Morgan fingerprint density at radius 3 is 1.22 bits per heavy atom. The second-order valence-electron chi connectivity index (χ2n) is 25.2. The number of carboxylic acids is 2. The highest BCUT2D eigenvalue weighted by Crippen LogP contribution is 2.16. The van der Waals surface area contributed by atoms with E-state index in [1.807, 2.05) is 0 Å². The first-order valence-corrected chi connectivity index (χ1v) is 35.2. The van der Waals surface area contributed by atoms with Crippen molar-refractivity contribution in [3.63, 3.8) is 0 Å². The van der Waals surface area contributed by atoms with Crippen LogP contribution in [0.25, 0.3) is 0 Å². The summed E-state index contributed by atoms with van der Waals surface area (Å²) in [7, 11) is 0. The summed E-state index contributed by atoms with van der Waals surface area (Å²) >= 11 is 5.51. The van der Waals surface area contributed by atoms with Gasteiger partial charge in [-0.15, -0.1) is 0 Å². The predicted molar refractivity (Wildman–Crippen MR) is 378 cm³/mol. The molecule has 0 unspecified atom stereocenters. The number of thiol groups is 1. The largest absolute Gasteiger partial charge is 0.508 e. The number of benzene rings is 1. The van der Waals surface area contributed by atoms with Crippen LogP contribution >= 0.6 is 24.4 Å². The number of amides is 14. The molecule has 14 atom stereocenters. The zero-order valence-corrected chi connectivity index (χ0v) is 60.7. The van der Waals surface area contributed by atoms with E-state index in [0.717, 1.165) is 6.92 Å². The number of rotatable bonds is 50. The number of phenolic OH excluding ortho intramolecular Hbond substituents is 1.